The minimum absolute atomic E-state index is 0.168. The number of aromatic nitrogens is 1. The summed E-state index contributed by atoms with van der Waals surface area (Å²) in [5, 5.41) is 11.9. The van der Waals surface area contributed by atoms with E-state index in [0.717, 1.165) is 13.0 Å². The van der Waals surface area contributed by atoms with Crippen molar-refractivity contribution in [3.05, 3.63) is 22.8 Å². The van der Waals surface area contributed by atoms with Gasteiger partial charge in [0.1, 0.15) is 11.0 Å². The van der Waals surface area contributed by atoms with Crippen LogP contribution in [0.3, 0.4) is 0 Å². The van der Waals surface area contributed by atoms with Gasteiger partial charge < -0.3 is 10.2 Å². The Labute approximate surface area is 118 Å². The normalized spacial score (nSPS) is 9.79. The molecule has 1 rings (SSSR count). The fraction of sp³-hybridized carbons (Fsp3) is 0.462. The summed E-state index contributed by atoms with van der Waals surface area (Å²) >= 11 is 5.91. The maximum atomic E-state index is 12.1. The molecule has 19 heavy (non-hydrogen) atoms. The quantitative estimate of drug-likeness (QED) is 0.813. The first-order valence-corrected chi connectivity index (χ1v) is 6.50. The summed E-state index contributed by atoms with van der Waals surface area (Å²) in [6, 6.07) is 5.22. The van der Waals surface area contributed by atoms with Crippen LogP contribution in [0.1, 0.15) is 30.1 Å². The van der Waals surface area contributed by atoms with Crippen LogP contribution in [0.15, 0.2) is 12.1 Å². The van der Waals surface area contributed by atoms with E-state index >= 15 is 0 Å². The van der Waals surface area contributed by atoms with Crippen LogP contribution in [0.4, 0.5) is 5.82 Å². The summed E-state index contributed by atoms with van der Waals surface area (Å²) < 4.78 is 0. The molecule has 0 radical (unpaired) electrons. The van der Waals surface area contributed by atoms with E-state index in [1.807, 2.05) is 13.0 Å². The monoisotopic (exact) mass is 280 g/mol. The average molecular weight is 281 g/mol. The second-order valence-corrected chi connectivity index (χ2v) is 4.51. The molecule has 0 bridgehead atoms. The number of anilines is 1. The van der Waals surface area contributed by atoms with Crippen molar-refractivity contribution >= 4 is 23.3 Å². The highest BCUT2D eigenvalue weighted by Crippen LogP contribution is 2.16. The third-order valence-electron chi connectivity index (χ3n) is 2.50. The highest BCUT2D eigenvalue weighted by molar-refractivity contribution is 6.29. The first-order valence-electron chi connectivity index (χ1n) is 6.12. The number of carbonyl (C=O) groups excluding carboxylic acids is 1. The van der Waals surface area contributed by atoms with Crippen LogP contribution in [0, 0.1) is 11.3 Å². The molecular formula is C13H17ClN4O. The molecule has 5 nitrogen and oxygen atoms in total. The van der Waals surface area contributed by atoms with Gasteiger partial charge in [0, 0.05) is 25.7 Å². The lowest BCUT2D eigenvalue weighted by Crippen LogP contribution is -2.27. The molecule has 0 aliphatic carbocycles. The number of amides is 1. The summed E-state index contributed by atoms with van der Waals surface area (Å²) in [5.41, 5.74) is 0.471. The van der Waals surface area contributed by atoms with Crippen molar-refractivity contribution in [2.24, 2.45) is 0 Å². The Kier molecular flexibility index (Phi) is 6.10. The van der Waals surface area contributed by atoms with Gasteiger partial charge in [-0.1, -0.05) is 18.5 Å². The SMILES string of the molecule is CCCNc1cc(C(=O)N(C)CCC#N)cc(Cl)n1. The van der Waals surface area contributed by atoms with Crippen LogP contribution in [0.25, 0.3) is 0 Å². The number of nitriles is 1. The minimum Gasteiger partial charge on any atom is -0.370 e. The Hall–Kier alpha value is -1.80. The van der Waals surface area contributed by atoms with E-state index < -0.39 is 0 Å². The Morgan fingerprint density at radius 3 is 2.95 bits per heavy atom. The molecule has 102 valence electrons. The lowest BCUT2D eigenvalue weighted by molar-refractivity contribution is 0.0798. The number of rotatable bonds is 6. The molecule has 0 aromatic carbocycles. The van der Waals surface area contributed by atoms with E-state index in [9.17, 15) is 4.79 Å². The van der Waals surface area contributed by atoms with Crippen LogP contribution < -0.4 is 5.32 Å². The van der Waals surface area contributed by atoms with E-state index in [1.54, 1.807) is 13.1 Å². The van der Waals surface area contributed by atoms with E-state index in [1.165, 1.54) is 11.0 Å². The molecule has 1 aromatic rings. The molecule has 0 unspecified atom stereocenters. The van der Waals surface area contributed by atoms with Crippen molar-refractivity contribution in [1.29, 1.82) is 5.26 Å². The van der Waals surface area contributed by atoms with Gasteiger partial charge in [0.15, 0.2) is 0 Å². The predicted octanol–water partition coefficient (Wildman–Crippen LogP) is 2.54. The van der Waals surface area contributed by atoms with Crippen molar-refractivity contribution in [2.75, 3.05) is 25.5 Å². The molecule has 0 atom stereocenters. The number of carbonyl (C=O) groups is 1. The molecule has 1 aromatic heterocycles. The van der Waals surface area contributed by atoms with Gasteiger partial charge in [0.2, 0.25) is 0 Å². The number of pyridine rings is 1. The number of halogens is 1. The van der Waals surface area contributed by atoms with E-state index in [-0.39, 0.29) is 11.1 Å². The molecule has 0 saturated heterocycles. The number of hydrogen-bond acceptors (Lipinski definition) is 4. The number of hydrogen-bond donors (Lipinski definition) is 1. The Morgan fingerprint density at radius 2 is 2.32 bits per heavy atom. The zero-order valence-corrected chi connectivity index (χ0v) is 11.9. The topological polar surface area (TPSA) is 69.0 Å². The lowest BCUT2D eigenvalue weighted by atomic mass is 10.2. The zero-order valence-electron chi connectivity index (χ0n) is 11.1. The highest BCUT2D eigenvalue weighted by Gasteiger charge is 2.13. The van der Waals surface area contributed by atoms with E-state index in [4.69, 9.17) is 16.9 Å². The summed E-state index contributed by atoms with van der Waals surface area (Å²) in [4.78, 5) is 17.7. The summed E-state index contributed by atoms with van der Waals surface area (Å²) in [7, 11) is 1.66. The van der Waals surface area contributed by atoms with Gasteiger partial charge in [-0.05, 0) is 18.6 Å². The lowest BCUT2D eigenvalue weighted by Gasteiger charge is -2.16. The Morgan fingerprint density at radius 1 is 1.58 bits per heavy atom. The standard InChI is InChI=1S/C13H17ClN4O/c1-3-6-16-12-9-10(8-11(14)17-12)13(19)18(2)7-4-5-15/h8-9H,3-4,6-7H2,1-2H3,(H,16,17). The molecule has 0 saturated carbocycles. The molecule has 1 heterocycles. The summed E-state index contributed by atoms with van der Waals surface area (Å²) in [6.45, 7) is 3.21. The second-order valence-electron chi connectivity index (χ2n) is 4.13. The molecule has 0 aliphatic heterocycles. The number of nitrogens with one attached hydrogen (secondary N) is 1. The van der Waals surface area contributed by atoms with E-state index in [0.29, 0.717) is 24.3 Å². The van der Waals surface area contributed by atoms with Crippen molar-refractivity contribution in [1.82, 2.24) is 9.88 Å². The van der Waals surface area contributed by atoms with Crippen LogP contribution >= 0.6 is 11.6 Å². The average Bonchev–Trinajstić information content (AvgIpc) is 2.41. The molecule has 6 heteroatoms. The second kappa shape index (κ2) is 7.59. The van der Waals surface area contributed by atoms with Crippen molar-refractivity contribution in [3.8, 4) is 6.07 Å². The largest absolute Gasteiger partial charge is 0.370 e. The van der Waals surface area contributed by atoms with Gasteiger partial charge in [-0.2, -0.15) is 5.26 Å². The molecule has 0 spiro atoms. The van der Waals surface area contributed by atoms with Gasteiger partial charge >= 0.3 is 0 Å². The number of nitrogens with zero attached hydrogens (tertiary/aromatic N) is 3. The Bertz CT molecular complexity index is 484. The van der Waals surface area contributed by atoms with Crippen molar-refractivity contribution < 1.29 is 4.79 Å². The van der Waals surface area contributed by atoms with Crippen LogP contribution in [-0.2, 0) is 0 Å². The zero-order chi connectivity index (χ0) is 14.3. The summed E-state index contributed by atoms with van der Waals surface area (Å²) in [5.74, 6) is 0.422. The maximum absolute atomic E-state index is 12.1. The first kappa shape index (κ1) is 15.3. The smallest absolute Gasteiger partial charge is 0.253 e. The van der Waals surface area contributed by atoms with Crippen molar-refractivity contribution in [3.63, 3.8) is 0 Å². The van der Waals surface area contributed by atoms with Crippen LogP contribution in [0.5, 0.6) is 0 Å². The molecular weight excluding hydrogens is 264 g/mol. The highest BCUT2D eigenvalue weighted by atomic mass is 35.5. The molecule has 1 N–H and O–H groups in total. The van der Waals surface area contributed by atoms with Crippen molar-refractivity contribution in [2.45, 2.75) is 19.8 Å². The third-order valence-corrected chi connectivity index (χ3v) is 2.70. The fourth-order valence-electron chi connectivity index (χ4n) is 1.50. The van der Waals surface area contributed by atoms with Gasteiger partial charge in [0.25, 0.3) is 5.91 Å². The summed E-state index contributed by atoms with van der Waals surface area (Å²) in [6.07, 6.45) is 1.27. The van der Waals surface area contributed by atoms with Crippen LogP contribution in [0.2, 0.25) is 5.15 Å². The van der Waals surface area contributed by atoms with Gasteiger partial charge in [-0.3, -0.25) is 4.79 Å². The molecule has 0 aliphatic rings. The van der Waals surface area contributed by atoms with Gasteiger partial charge in [0.05, 0.1) is 12.5 Å². The molecule has 0 fully saturated rings. The van der Waals surface area contributed by atoms with Gasteiger partial charge in [-0.15, -0.1) is 0 Å². The maximum Gasteiger partial charge on any atom is 0.253 e. The molecule has 1 amide bonds. The first-order chi connectivity index (χ1) is 9.08. The third kappa shape index (κ3) is 4.76. The van der Waals surface area contributed by atoms with Gasteiger partial charge in [-0.25, -0.2) is 4.98 Å². The van der Waals surface area contributed by atoms with E-state index in [2.05, 4.69) is 10.3 Å². The van der Waals surface area contributed by atoms with Crippen LogP contribution in [-0.4, -0.2) is 35.9 Å². The Balaban J connectivity index is 2.84. The predicted molar refractivity (Wildman–Crippen MR) is 75.2 cm³/mol. The minimum atomic E-state index is -0.168. The fourth-order valence-corrected chi connectivity index (χ4v) is 1.71.